The SMILES string of the molecule is O=C(NCCC1=CSC2=NCCCN12)c1cn(C[C@H]2CCCNC2)nn1. The summed E-state index contributed by atoms with van der Waals surface area (Å²) in [7, 11) is 0. The number of rotatable bonds is 6. The number of thioether (sulfide) groups is 1. The minimum absolute atomic E-state index is 0.156. The van der Waals surface area contributed by atoms with Gasteiger partial charge in [-0.2, -0.15) is 0 Å². The summed E-state index contributed by atoms with van der Waals surface area (Å²) in [6.45, 7) is 5.46. The Kier molecular flexibility index (Phi) is 5.54. The lowest BCUT2D eigenvalue weighted by Crippen LogP contribution is -2.32. The second-order valence-corrected chi connectivity index (χ2v) is 7.78. The van der Waals surface area contributed by atoms with Gasteiger partial charge in [0.25, 0.3) is 5.91 Å². The molecule has 1 aromatic heterocycles. The maximum Gasteiger partial charge on any atom is 0.273 e. The van der Waals surface area contributed by atoms with Gasteiger partial charge in [0, 0.05) is 38.3 Å². The third-order valence-electron chi connectivity index (χ3n) is 4.95. The molecule has 4 rings (SSSR count). The topological polar surface area (TPSA) is 87.4 Å². The lowest BCUT2D eigenvalue weighted by molar-refractivity contribution is 0.0948. The Morgan fingerprint density at radius 3 is 3.27 bits per heavy atom. The number of aliphatic imine (C=N–C) groups is 1. The van der Waals surface area contributed by atoms with Crippen LogP contribution in [0.25, 0.3) is 0 Å². The van der Waals surface area contributed by atoms with Gasteiger partial charge in [0.1, 0.15) is 0 Å². The van der Waals surface area contributed by atoms with Gasteiger partial charge >= 0.3 is 0 Å². The van der Waals surface area contributed by atoms with Gasteiger partial charge in [-0.15, -0.1) is 5.10 Å². The normalized spacial score (nSPS) is 22.6. The lowest BCUT2D eigenvalue weighted by Gasteiger charge is -2.25. The van der Waals surface area contributed by atoms with E-state index in [0.717, 1.165) is 50.7 Å². The molecule has 3 aliphatic heterocycles. The molecule has 0 aromatic carbocycles. The number of hydrogen-bond acceptors (Lipinski definition) is 7. The number of amides is 1. The number of carbonyl (C=O) groups excluding carboxylic acids is 1. The molecule has 140 valence electrons. The molecule has 1 aromatic rings. The van der Waals surface area contributed by atoms with Crippen molar-refractivity contribution in [3.63, 3.8) is 0 Å². The van der Waals surface area contributed by atoms with Gasteiger partial charge in [-0.3, -0.25) is 14.5 Å². The highest BCUT2D eigenvalue weighted by molar-refractivity contribution is 8.16. The Hall–Kier alpha value is -1.87. The summed E-state index contributed by atoms with van der Waals surface area (Å²) in [5.74, 6) is 0.408. The monoisotopic (exact) mass is 375 g/mol. The maximum atomic E-state index is 12.3. The van der Waals surface area contributed by atoms with Crippen LogP contribution in [0.3, 0.4) is 0 Å². The molecule has 1 saturated heterocycles. The highest BCUT2D eigenvalue weighted by atomic mass is 32.2. The van der Waals surface area contributed by atoms with Crippen molar-refractivity contribution in [1.29, 1.82) is 0 Å². The molecular formula is C17H25N7OS. The molecule has 1 atom stereocenters. The molecule has 0 aliphatic carbocycles. The number of carbonyl (C=O) groups is 1. The molecule has 0 radical (unpaired) electrons. The number of fused-ring (bicyclic) bond motifs is 1. The summed E-state index contributed by atoms with van der Waals surface area (Å²) < 4.78 is 1.79. The zero-order valence-electron chi connectivity index (χ0n) is 14.9. The number of amidine groups is 1. The maximum absolute atomic E-state index is 12.3. The Balaban J connectivity index is 1.24. The van der Waals surface area contributed by atoms with Crippen LogP contribution in [0.2, 0.25) is 0 Å². The zero-order chi connectivity index (χ0) is 17.8. The smallest absolute Gasteiger partial charge is 0.273 e. The Labute approximate surface area is 157 Å². The Bertz CT molecular complexity index is 708. The van der Waals surface area contributed by atoms with Crippen LogP contribution in [0.4, 0.5) is 0 Å². The van der Waals surface area contributed by atoms with Crippen molar-refractivity contribution in [1.82, 2.24) is 30.5 Å². The standard InChI is InChI=1S/C17H25N7OS/c25-16(15-11-23(22-21-15)10-13-3-1-5-18-9-13)19-7-4-14-12-26-17-20-6-2-8-24(14)17/h11-13,18H,1-10H2,(H,19,25)/t13-/m0/s1. The number of hydrogen-bond donors (Lipinski definition) is 2. The highest BCUT2D eigenvalue weighted by Gasteiger charge is 2.24. The number of nitrogens with one attached hydrogen (secondary N) is 2. The number of piperidine rings is 1. The average molecular weight is 376 g/mol. The van der Waals surface area contributed by atoms with Crippen LogP contribution in [0.15, 0.2) is 22.3 Å². The van der Waals surface area contributed by atoms with Crippen LogP contribution < -0.4 is 10.6 Å². The van der Waals surface area contributed by atoms with E-state index in [1.54, 1.807) is 22.6 Å². The first-order valence-electron chi connectivity index (χ1n) is 9.36. The highest BCUT2D eigenvalue weighted by Crippen LogP contribution is 2.30. The van der Waals surface area contributed by atoms with Gasteiger partial charge in [-0.25, -0.2) is 0 Å². The molecule has 3 aliphatic rings. The summed E-state index contributed by atoms with van der Waals surface area (Å²) in [5, 5.41) is 17.7. The molecule has 1 fully saturated rings. The molecule has 0 spiro atoms. The fraction of sp³-hybridized carbons (Fsp3) is 0.647. The summed E-state index contributed by atoms with van der Waals surface area (Å²) in [4.78, 5) is 19.1. The van der Waals surface area contributed by atoms with Crippen molar-refractivity contribution in [2.45, 2.75) is 32.2 Å². The first kappa shape index (κ1) is 17.5. The molecule has 2 N–H and O–H groups in total. The molecular weight excluding hydrogens is 350 g/mol. The first-order valence-corrected chi connectivity index (χ1v) is 10.2. The summed E-state index contributed by atoms with van der Waals surface area (Å²) >= 11 is 1.68. The first-order chi connectivity index (χ1) is 12.8. The van der Waals surface area contributed by atoms with Gasteiger partial charge in [0.15, 0.2) is 10.9 Å². The van der Waals surface area contributed by atoms with E-state index in [9.17, 15) is 4.79 Å². The fourth-order valence-electron chi connectivity index (χ4n) is 3.56. The molecule has 26 heavy (non-hydrogen) atoms. The lowest BCUT2D eigenvalue weighted by atomic mass is 10.00. The molecule has 0 bridgehead atoms. The van der Waals surface area contributed by atoms with Crippen LogP contribution in [0, 0.1) is 5.92 Å². The van der Waals surface area contributed by atoms with Crippen LogP contribution in [-0.4, -0.2) is 63.7 Å². The molecule has 8 nitrogen and oxygen atoms in total. The summed E-state index contributed by atoms with van der Waals surface area (Å²) in [6.07, 6.45) is 6.05. The quantitative estimate of drug-likeness (QED) is 0.773. The summed E-state index contributed by atoms with van der Waals surface area (Å²) in [6, 6.07) is 0. The van der Waals surface area contributed by atoms with Crippen LogP contribution in [0.5, 0.6) is 0 Å². The van der Waals surface area contributed by atoms with Crippen molar-refractivity contribution in [2.75, 3.05) is 32.7 Å². The van der Waals surface area contributed by atoms with Gasteiger partial charge in [-0.1, -0.05) is 17.0 Å². The minimum atomic E-state index is -0.156. The largest absolute Gasteiger partial charge is 0.350 e. The molecule has 0 unspecified atom stereocenters. The van der Waals surface area contributed by atoms with Crippen molar-refractivity contribution in [3.8, 4) is 0 Å². The van der Waals surface area contributed by atoms with E-state index >= 15 is 0 Å². The van der Waals surface area contributed by atoms with Gasteiger partial charge in [0.05, 0.1) is 6.20 Å². The molecule has 1 amide bonds. The second kappa shape index (κ2) is 8.22. The second-order valence-electron chi connectivity index (χ2n) is 6.94. The van der Waals surface area contributed by atoms with Gasteiger partial charge in [-0.05, 0) is 43.7 Å². The van der Waals surface area contributed by atoms with E-state index in [2.05, 4.69) is 36.2 Å². The van der Waals surface area contributed by atoms with Crippen LogP contribution in [-0.2, 0) is 6.54 Å². The summed E-state index contributed by atoms with van der Waals surface area (Å²) in [5.41, 5.74) is 1.63. The van der Waals surface area contributed by atoms with E-state index < -0.39 is 0 Å². The number of aromatic nitrogens is 3. The number of nitrogens with zero attached hydrogens (tertiary/aromatic N) is 5. The van der Waals surface area contributed by atoms with E-state index in [1.165, 1.54) is 18.5 Å². The van der Waals surface area contributed by atoms with Crippen molar-refractivity contribution >= 4 is 22.8 Å². The zero-order valence-corrected chi connectivity index (χ0v) is 15.7. The minimum Gasteiger partial charge on any atom is -0.350 e. The van der Waals surface area contributed by atoms with E-state index in [4.69, 9.17) is 0 Å². The van der Waals surface area contributed by atoms with Gasteiger partial charge < -0.3 is 15.5 Å². The molecule has 0 saturated carbocycles. The molecule has 4 heterocycles. The van der Waals surface area contributed by atoms with Crippen LogP contribution in [0.1, 0.15) is 36.2 Å². The Morgan fingerprint density at radius 2 is 2.38 bits per heavy atom. The predicted molar refractivity (Wildman–Crippen MR) is 102 cm³/mol. The van der Waals surface area contributed by atoms with Crippen LogP contribution >= 0.6 is 11.8 Å². The van der Waals surface area contributed by atoms with E-state index in [1.807, 2.05) is 0 Å². The van der Waals surface area contributed by atoms with Gasteiger partial charge in [0.2, 0.25) is 0 Å². The predicted octanol–water partition coefficient (Wildman–Crippen LogP) is 1.05. The average Bonchev–Trinajstić information content (AvgIpc) is 3.30. The fourth-order valence-corrected chi connectivity index (χ4v) is 4.55. The third kappa shape index (κ3) is 4.09. The van der Waals surface area contributed by atoms with Crippen molar-refractivity contribution < 1.29 is 4.79 Å². The molecule has 9 heteroatoms. The van der Waals surface area contributed by atoms with Crippen molar-refractivity contribution in [3.05, 3.63) is 23.0 Å². The van der Waals surface area contributed by atoms with Crippen molar-refractivity contribution in [2.24, 2.45) is 10.9 Å². The van der Waals surface area contributed by atoms with E-state index in [-0.39, 0.29) is 5.91 Å². The van der Waals surface area contributed by atoms with E-state index in [0.29, 0.717) is 18.2 Å². The Morgan fingerprint density at radius 1 is 1.42 bits per heavy atom. The third-order valence-corrected chi connectivity index (χ3v) is 5.90.